The predicted octanol–water partition coefficient (Wildman–Crippen LogP) is 1.77. The molecule has 0 aliphatic carbocycles. The number of hydrogen-bond donors (Lipinski definition) is 1. The lowest BCUT2D eigenvalue weighted by Crippen LogP contribution is -2.48. The van der Waals surface area contributed by atoms with Crippen LogP contribution in [0.4, 0.5) is 0 Å². The Morgan fingerprint density at radius 2 is 2.29 bits per heavy atom. The second-order valence-corrected chi connectivity index (χ2v) is 5.55. The van der Waals surface area contributed by atoms with Gasteiger partial charge in [0.1, 0.15) is 0 Å². The first-order valence-electron chi connectivity index (χ1n) is 6.29. The topological polar surface area (TPSA) is 33.1 Å². The Kier molecular flexibility index (Phi) is 4.22. The van der Waals surface area contributed by atoms with Gasteiger partial charge in [0.2, 0.25) is 0 Å². The lowest BCUT2D eigenvalue weighted by Gasteiger charge is -2.31. The summed E-state index contributed by atoms with van der Waals surface area (Å²) < 4.78 is 3.28. The van der Waals surface area contributed by atoms with Crippen LogP contribution in [0.3, 0.4) is 0 Å². The summed E-state index contributed by atoms with van der Waals surface area (Å²) in [6.07, 6.45) is 0. The van der Waals surface area contributed by atoms with Crippen molar-refractivity contribution in [3.8, 4) is 0 Å². The second-order valence-electron chi connectivity index (χ2n) is 4.75. The van der Waals surface area contributed by atoms with Crippen molar-refractivity contribution >= 4 is 15.9 Å². The predicted molar refractivity (Wildman–Crippen MR) is 73.1 cm³/mol. The highest BCUT2D eigenvalue weighted by Gasteiger charge is 2.19. The maximum absolute atomic E-state index is 4.54. The molecule has 1 aliphatic rings. The van der Waals surface area contributed by atoms with Crippen molar-refractivity contribution in [2.24, 2.45) is 0 Å². The van der Waals surface area contributed by atoms with Crippen LogP contribution in [0.5, 0.6) is 0 Å². The molecule has 2 heterocycles. The van der Waals surface area contributed by atoms with Crippen LogP contribution >= 0.6 is 15.9 Å². The number of aryl methyl sites for hydroxylation is 2. The number of aromatic nitrogens is 2. The van der Waals surface area contributed by atoms with E-state index in [2.05, 4.69) is 56.7 Å². The van der Waals surface area contributed by atoms with Crippen molar-refractivity contribution in [1.29, 1.82) is 0 Å². The van der Waals surface area contributed by atoms with Gasteiger partial charge in [-0.05, 0) is 36.7 Å². The minimum absolute atomic E-state index is 0.585. The molecule has 0 saturated carbocycles. The third-order valence-corrected chi connectivity index (χ3v) is 4.31. The lowest BCUT2D eigenvalue weighted by atomic mass is 10.2. The molecule has 0 amide bonds. The Morgan fingerprint density at radius 1 is 1.53 bits per heavy atom. The average molecular weight is 301 g/mol. The second kappa shape index (κ2) is 5.50. The van der Waals surface area contributed by atoms with Gasteiger partial charge in [-0.1, -0.05) is 0 Å². The van der Waals surface area contributed by atoms with Crippen LogP contribution in [0, 0.1) is 6.92 Å². The highest BCUT2D eigenvalue weighted by Crippen LogP contribution is 2.22. The molecule has 17 heavy (non-hydrogen) atoms. The van der Waals surface area contributed by atoms with Crippen LogP contribution in [0.1, 0.15) is 25.2 Å². The van der Waals surface area contributed by atoms with E-state index >= 15 is 0 Å². The Bertz CT molecular complexity index is 388. The molecule has 1 fully saturated rings. The highest BCUT2D eigenvalue weighted by molar-refractivity contribution is 9.10. The molecule has 0 radical (unpaired) electrons. The van der Waals surface area contributed by atoms with Crippen molar-refractivity contribution < 1.29 is 0 Å². The number of piperazine rings is 1. The normalized spacial score (nSPS) is 22.0. The third kappa shape index (κ3) is 2.89. The number of nitrogens with zero attached hydrogens (tertiary/aromatic N) is 3. The van der Waals surface area contributed by atoms with Gasteiger partial charge in [-0.2, -0.15) is 5.10 Å². The standard InChI is InChI=1S/C12H21BrN4/c1-4-17-11(12(13)10(3)15-17)8-16-6-5-14-9(2)7-16/h9,14H,4-8H2,1-3H3/t9-/m1/s1. The fraction of sp³-hybridized carbons (Fsp3) is 0.750. The third-order valence-electron chi connectivity index (χ3n) is 3.28. The lowest BCUT2D eigenvalue weighted by molar-refractivity contribution is 0.194. The molecule has 4 nitrogen and oxygen atoms in total. The van der Waals surface area contributed by atoms with Crippen LogP contribution in [0.25, 0.3) is 0 Å². The maximum atomic E-state index is 4.54. The SMILES string of the molecule is CCn1nc(C)c(Br)c1CN1CCN[C@H](C)C1. The number of rotatable bonds is 3. The van der Waals surface area contributed by atoms with Gasteiger partial charge >= 0.3 is 0 Å². The van der Waals surface area contributed by atoms with Gasteiger partial charge in [-0.3, -0.25) is 9.58 Å². The summed E-state index contributed by atoms with van der Waals surface area (Å²) in [6, 6.07) is 0.585. The van der Waals surface area contributed by atoms with Crippen LogP contribution in [0.2, 0.25) is 0 Å². The summed E-state index contributed by atoms with van der Waals surface area (Å²) >= 11 is 3.66. The Hall–Kier alpha value is -0.390. The highest BCUT2D eigenvalue weighted by atomic mass is 79.9. The number of hydrogen-bond acceptors (Lipinski definition) is 3. The fourth-order valence-electron chi connectivity index (χ4n) is 2.39. The summed E-state index contributed by atoms with van der Waals surface area (Å²) in [6.45, 7) is 11.7. The van der Waals surface area contributed by atoms with Gasteiger partial charge in [0.15, 0.2) is 0 Å². The first-order valence-corrected chi connectivity index (χ1v) is 7.08. The minimum atomic E-state index is 0.585. The molecule has 1 aromatic heterocycles. The van der Waals surface area contributed by atoms with Crippen molar-refractivity contribution in [2.75, 3.05) is 19.6 Å². The van der Waals surface area contributed by atoms with E-state index in [-0.39, 0.29) is 0 Å². The summed E-state index contributed by atoms with van der Waals surface area (Å²) in [5, 5.41) is 8.01. The molecule has 0 unspecified atom stereocenters. The van der Waals surface area contributed by atoms with Crippen molar-refractivity contribution in [3.63, 3.8) is 0 Å². The molecule has 0 spiro atoms. The molecule has 96 valence electrons. The summed E-state index contributed by atoms with van der Waals surface area (Å²) in [5.74, 6) is 0. The zero-order valence-electron chi connectivity index (χ0n) is 10.8. The first-order chi connectivity index (χ1) is 8.11. The van der Waals surface area contributed by atoms with Crippen LogP contribution in [-0.4, -0.2) is 40.4 Å². The van der Waals surface area contributed by atoms with Gasteiger partial charge in [-0.15, -0.1) is 0 Å². The monoisotopic (exact) mass is 300 g/mol. The van der Waals surface area contributed by atoms with Crippen LogP contribution in [0.15, 0.2) is 4.47 Å². The molecule has 2 rings (SSSR count). The largest absolute Gasteiger partial charge is 0.312 e. The van der Waals surface area contributed by atoms with Crippen LogP contribution < -0.4 is 5.32 Å². The van der Waals surface area contributed by atoms with E-state index in [0.29, 0.717) is 6.04 Å². The molecule has 5 heteroatoms. The molecule has 0 bridgehead atoms. The van der Waals surface area contributed by atoms with E-state index in [1.165, 1.54) is 10.2 Å². The van der Waals surface area contributed by atoms with Crippen molar-refractivity contribution in [2.45, 2.75) is 39.9 Å². The van der Waals surface area contributed by atoms with Gasteiger partial charge < -0.3 is 5.32 Å². The van der Waals surface area contributed by atoms with Crippen LogP contribution in [-0.2, 0) is 13.1 Å². The average Bonchev–Trinajstić information content (AvgIpc) is 2.57. The van der Waals surface area contributed by atoms with Gasteiger partial charge in [-0.25, -0.2) is 0 Å². The van der Waals surface area contributed by atoms with E-state index in [1.807, 2.05) is 0 Å². The molecule has 0 aromatic carbocycles. The van der Waals surface area contributed by atoms with Gasteiger partial charge in [0, 0.05) is 38.8 Å². The van der Waals surface area contributed by atoms with E-state index in [9.17, 15) is 0 Å². The zero-order valence-corrected chi connectivity index (χ0v) is 12.4. The van der Waals surface area contributed by atoms with E-state index < -0.39 is 0 Å². The number of nitrogens with one attached hydrogen (secondary N) is 1. The molecular weight excluding hydrogens is 280 g/mol. The smallest absolute Gasteiger partial charge is 0.0739 e. The molecule has 1 saturated heterocycles. The summed E-state index contributed by atoms with van der Waals surface area (Å²) in [7, 11) is 0. The Labute approximate surface area is 111 Å². The van der Waals surface area contributed by atoms with Crippen molar-refractivity contribution in [1.82, 2.24) is 20.0 Å². The molecular formula is C12H21BrN4. The molecule has 1 N–H and O–H groups in total. The summed E-state index contributed by atoms with van der Waals surface area (Å²) in [5.41, 5.74) is 2.39. The molecule has 1 aromatic rings. The zero-order chi connectivity index (χ0) is 12.4. The van der Waals surface area contributed by atoms with Gasteiger partial charge in [0.05, 0.1) is 15.9 Å². The Morgan fingerprint density at radius 3 is 2.94 bits per heavy atom. The first kappa shape index (κ1) is 13.1. The van der Waals surface area contributed by atoms with E-state index in [1.54, 1.807) is 0 Å². The van der Waals surface area contributed by atoms with E-state index in [0.717, 1.165) is 38.4 Å². The maximum Gasteiger partial charge on any atom is 0.0739 e. The molecule has 1 aliphatic heterocycles. The van der Waals surface area contributed by atoms with Gasteiger partial charge in [0.25, 0.3) is 0 Å². The number of halogens is 1. The quantitative estimate of drug-likeness (QED) is 0.923. The Balaban J connectivity index is 2.12. The van der Waals surface area contributed by atoms with E-state index in [4.69, 9.17) is 0 Å². The van der Waals surface area contributed by atoms with Crippen molar-refractivity contribution in [3.05, 3.63) is 15.9 Å². The fourth-order valence-corrected chi connectivity index (χ4v) is 2.80. The molecule has 1 atom stereocenters. The summed E-state index contributed by atoms with van der Waals surface area (Å²) in [4.78, 5) is 2.49. The minimum Gasteiger partial charge on any atom is -0.312 e.